The zero-order chi connectivity index (χ0) is 10.0. The van der Waals surface area contributed by atoms with Gasteiger partial charge in [-0.3, -0.25) is 4.74 Å². The molecule has 0 saturated carbocycles. The molecule has 1 saturated heterocycles. The zero-order valence-electron chi connectivity index (χ0n) is 7.64. The highest BCUT2D eigenvalue weighted by Crippen LogP contribution is 2.33. The van der Waals surface area contributed by atoms with Gasteiger partial charge in [0, 0.05) is 12.5 Å². The van der Waals surface area contributed by atoms with E-state index in [0.29, 0.717) is 0 Å². The monoisotopic (exact) mass is 191 g/mol. The average Bonchev–Trinajstić information content (AvgIpc) is 2.63. The van der Waals surface area contributed by atoms with E-state index in [9.17, 15) is 0 Å². The molecule has 0 aromatic heterocycles. The standard InChI is InChI=1S/C10H9NO3/c1-10(7-11)12-9(13-14-10)8-5-3-2-4-6-8/h2-6,9H,1H3. The van der Waals surface area contributed by atoms with Crippen molar-refractivity contribution in [2.45, 2.75) is 19.0 Å². The van der Waals surface area contributed by atoms with Gasteiger partial charge < -0.3 is 0 Å². The van der Waals surface area contributed by atoms with Crippen molar-refractivity contribution in [3.05, 3.63) is 35.9 Å². The Morgan fingerprint density at radius 2 is 2.07 bits per heavy atom. The van der Waals surface area contributed by atoms with Gasteiger partial charge in [-0.25, -0.2) is 0 Å². The number of hydrogen-bond acceptors (Lipinski definition) is 4. The fourth-order valence-corrected chi connectivity index (χ4v) is 1.16. The molecule has 1 aliphatic rings. The Hall–Kier alpha value is -1.41. The first-order chi connectivity index (χ1) is 6.73. The van der Waals surface area contributed by atoms with Gasteiger partial charge in [0.1, 0.15) is 6.07 Å². The van der Waals surface area contributed by atoms with Gasteiger partial charge >= 0.3 is 0 Å². The topological polar surface area (TPSA) is 51.5 Å². The van der Waals surface area contributed by atoms with Crippen LogP contribution in [0.4, 0.5) is 0 Å². The molecule has 0 aliphatic carbocycles. The van der Waals surface area contributed by atoms with E-state index in [4.69, 9.17) is 19.8 Å². The second kappa shape index (κ2) is 3.39. The molecule has 1 aliphatic heterocycles. The summed E-state index contributed by atoms with van der Waals surface area (Å²) < 4.78 is 5.28. The largest absolute Gasteiger partial charge is 0.299 e. The number of rotatable bonds is 1. The van der Waals surface area contributed by atoms with E-state index in [1.54, 1.807) is 0 Å². The van der Waals surface area contributed by atoms with Crippen LogP contribution in [0.25, 0.3) is 0 Å². The number of hydrogen-bond donors (Lipinski definition) is 0. The lowest BCUT2D eigenvalue weighted by atomic mass is 10.2. The highest BCUT2D eigenvalue weighted by molar-refractivity contribution is 5.16. The molecule has 1 heterocycles. The van der Waals surface area contributed by atoms with Crippen molar-refractivity contribution < 1.29 is 14.5 Å². The second-order valence-electron chi connectivity index (χ2n) is 3.10. The van der Waals surface area contributed by atoms with Crippen molar-refractivity contribution in [2.75, 3.05) is 0 Å². The molecular formula is C10H9NO3. The smallest absolute Gasteiger partial charge is 0.289 e. The summed E-state index contributed by atoms with van der Waals surface area (Å²) in [5.74, 6) is -1.31. The highest BCUT2D eigenvalue weighted by Gasteiger charge is 2.40. The van der Waals surface area contributed by atoms with Crippen LogP contribution in [0.1, 0.15) is 18.8 Å². The van der Waals surface area contributed by atoms with Gasteiger partial charge in [-0.15, -0.1) is 0 Å². The molecule has 4 nitrogen and oxygen atoms in total. The van der Waals surface area contributed by atoms with E-state index in [0.717, 1.165) is 5.56 Å². The molecule has 2 rings (SSSR count). The third-order valence-electron chi connectivity index (χ3n) is 1.90. The maximum atomic E-state index is 8.71. The molecule has 1 aromatic rings. The Morgan fingerprint density at radius 1 is 1.36 bits per heavy atom. The van der Waals surface area contributed by atoms with E-state index in [-0.39, 0.29) is 0 Å². The molecule has 0 spiro atoms. The molecule has 4 heteroatoms. The fourth-order valence-electron chi connectivity index (χ4n) is 1.16. The number of nitriles is 1. The summed E-state index contributed by atoms with van der Waals surface area (Å²) in [5, 5.41) is 8.71. The van der Waals surface area contributed by atoms with Crippen molar-refractivity contribution in [2.24, 2.45) is 0 Å². The summed E-state index contributed by atoms with van der Waals surface area (Å²) in [5.41, 5.74) is 0.825. The van der Waals surface area contributed by atoms with Crippen LogP contribution in [0.2, 0.25) is 0 Å². The Labute approximate surface area is 81.5 Å². The molecule has 0 N–H and O–H groups in total. The summed E-state index contributed by atoms with van der Waals surface area (Å²) in [4.78, 5) is 9.67. The van der Waals surface area contributed by atoms with Crippen molar-refractivity contribution >= 4 is 0 Å². The Kier molecular flexibility index (Phi) is 2.22. The fraction of sp³-hybridized carbons (Fsp3) is 0.300. The van der Waals surface area contributed by atoms with E-state index >= 15 is 0 Å². The summed E-state index contributed by atoms with van der Waals surface area (Å²) in [6.45, 7) is 1.51. The van der Waals surface area contributed by atoms with E-state index in [2.05, 4.69) is 0 Å². The second-order valence-corrected chi connectivity index (χ2v) is 3.10. The molecule has 0 radical (unpaired) electrons. The van der Waals surface area contributed by atoms with Crippen LogP contribution in [0.15, 0.2) is 30.3 Å². The minimum absolute atomic E-state index is 0.624. The molecule has 0 amide bonds. The van der Waals surface area contributed by atoms with Crippen LogP contribution in [0, 0.1) is 11.3 Å². The van der Waals surface area contributed by atoms with E-state index in [1.807, 2.05) is 36.4 Å². The third kappa shape index (κ3) is 1.61. The minimum atomic E-state index is -1.31. The van der Waals surface area contributed by atoms with Crippen molar-refractivity contribution in [3.8, 4) is 6.07 Å². The van der Waals surface area contributed by atoms with E-state index in [1.165, 1.54) is 6.92 Å². The van der Waals surface area contributed by atoms with Gasteiger partial charge in [0.15, 0.2) is 0 Å². The first-order valence-corrected chi connectivity index (χ1v) is 4.22. The number of ether oxygens (including phenoxy) is 1. The summed E-state index contributed by atoms with van der Waals surface area (Å²) >= 11 is 0. The summed E-state index contributed by atoms with van der Waals surface area (Å²) in [6.07, 6.45) is -0.624. The first kappa shape index (κ1) is 9.16. The normalized spacial score (nSPS) is 31.3. The summed E-state index contributed by atoms with van der Waals surface area (Å²) in [6, 6.07) is 11.2. The highest BCUT2D eigenvalue weighted by atomic mass is 17.3. The maximum Gasteiger partial charge on any atom is 0.289 e. The van der Waals surface area contributed by atoms with Crippen molar-refractivity contribution in [3.63, 3.8) is 0 Å². The molecule has 14 heavy (non-hydrogen) atoms. The van der Waals surface area contributed by atoms with Crippen LogP contribution < -0.4 is 0 Å². The van der Waals surface area contributed by atoms with Crippen LogP contribution >= 0.6 is 0 Å². The van der Waals surface area contributed by atoms with Crippen LogP contribution in [-0.4, -0.2) is 5.79 Å². The third-order valence-corrected chi connectivity index (χ3v) is 1.90. The van der Waals surface area contributed by atoms with Gasteiger partial charge in [-0.1, -0.05) is 30.3 Å². The zero-order valence-corrected chi connectivity index (χ0v) is 7.64. The lowest BCUT2D eigenvalue weighted by Crippen LogP contribution is -2.22. The molecule has 1 aromatic carbocycles. The van der Waals surface area contributed by atoms with Gasteiger partial charge in [-0.05, 0) is 0 Å². The minimum Gasteiger partial charge on any atom is -0.299 e. The van der Waals surface area contributed by atoms with E-state index < -0.39 is 12.1 Å². The quantitative estimate of drug-likeness (QED) is 0.636. The Bertz CT molecular complexity index is 359. The maximum absolute atomic E-state index is 8.71. The average molecular weight is 191 g/mol. The van der Waals surface area contributed by atoms with Crippen molar-refractivity contribution in [1.82, 2.24) is 0 Å². The van der Waals surface area contributed by atoms with Gasteiger partial charge in [0.05, 0.1) is 0 Å². The Balaban J connectivity index is 2.15. The first-order valence-electron chi connectivity index (χ1n) is 4.22. The molecular weight excluding hydrogens is 182 g/mol. The molecule has 0 bridgehead atoms. The lowest BCUT2D eigenvalue weighted by molar-refractivity contribution is -0.312. The van der Waals surface area contributed by atoms with Gasteiger partial charge in [-0.2, -0.15) is 15.0 Å². The summed E-state index contributed by atoms with van der Waals surface area (Å²) in [7, 11) is 0. The van der Waals surface area contributed by atoms with Crippen LogP contribution in [0.3, 0.4) is 0 Å². The van der Waals surface area contributed by atoms with Crippen LogP contribution in [-0.2, 0) is 14.5 Å². The van der Waals surface area contributed by atoms with Crippen molar-refractivity contribution in [1.29, 1.82) is 5.26 Å². The predicted molar refractivity (Wildman–Crippen MR) is 46.5 cm³/mol. The predicted octanol–water partition coefficient (Wildman–Crippen LogP) is 1.90. The molecule has 2 atom stereocenters. The molecule has 1 fully saturated rings. The van der Waals surface area contributed by atoms with Gasteiger partial charge in [0.25, 0.3) is 5.79 Å². The number of benzene rings is 1. The van der Waals surface area contributed by atoms with Crippen LogP contribution in [0.5, 0.6) is 0 Å². The number of nitrogens with zero attached hydrogens (tertiary/aromatic N) is 1. The molecule has 2 unspecified atom stereocenters. The molecule has 72 valence electrons. The Morgan fingerprint density at radius 3 is 2.64 bits per heavy atom. The van der Waals surface area contributed by atoms with Gasteiger partial charge in [0.2, 0.25) is 6.29 Å². The SMILES string of the molecule is CC1(C#N)OOC(c2ccccc2)O1. The lowest BCUT2D eigenvalue weighted by Gasteiger charge is -2.09.